The number of nitrogens with one attached hydrogen (secondary N) is 3. The van der Waals surface area contributed by atoms with Gasteiger partial charge in [-0.15, -0.1) is 0 Å². The van der Waals surface area contributed by atoms with E-state index in [0.717, 1.165) is 34.2 Å². The van der Waals surface area contributed by atoms with Gasteiger partial charge in [-0.05, 0) is 36.1 Å². The molecule has 0 saturated carbocycles. The Hall–Kier alpha value is -4.14. The van der Waals surface area contributed by atoms with E-state index >= 15 is 0 Å². The number of carbonyl (C=O) groups excluding carboxylic acids is 1. The molecule has 1 aliphatic heterocycles. The number of para-hydroxylation sites is 1. The van der Waals surface area contributed by atoms with E-state index in [2.05, 4.69) is 30.8 Å². The van der Waals surface area contributed by atoms with E-state index in [1.165, 1.54) is 0 Å². The van der Waals surface area contributed by atoms with Gasteiger partial charge in [0.25, 0.3) is 0 Å². The minimum atomic E-state index is -0.136. The Kier molecular flexibility index (Phi) is 5.06. The third-order valence-electron chi connectivity index (χ3n) is 5.76. The molecule has 5 rings (SSSR count). The van der Waals surface area contributed by atoms with Crippen molar-refractivity contribution in [2.75, 3.05) is 22.5 Å². The maximum absolute atomic E-state index is 13.2. The molecule has 2 amide bonds. The molecule has 9 nitrogen and oxygen atoms in total. The van der Waals surface area contributed by atoms with Gasteiger partial charge in [0.1, 0.15) is 5.82 Å². The van der Waals surface area contributed by atoms with Gasteiger partial charge in [0.15, 0.2) is 5.65 Å². The summed E-state index contributed by atoms with van der Waals surface area (Å²) in [6.07, 6.45) is 2.42. The fourth-order valence-electron chi connectivity index (χ4n) is 4.11. The number of carbonyl (C=O) groups is 1. The topological polar surface area (TPSA) is 125 Å². The fourth-order valence-corrected chi connectivity index (χ4v) is 4.11. The predicted molar refractivity (Wildman–Crippen MR) is 124 cm³/mol. The highest BCUT2D eigenvalue weighted by molar-refractivity contribution is 5.94. The number of fused-ring (bicyclic) bond motifs is 2. The summed E-state index contributed by atoms with van der Waals surface area (Å²) in [4.78, 5) is 23.5. The number of nitrogens with two attached hydrogens (primary N) is 1. The Bertz CT molecular complexity index is 1280. The predicted octanol–water partition coefficient (Wildman–Crippen LogP) is 3.00. The summed E-state index contributed by atoms with van der Waals surface area (Å²) in [6, 6.07) is 15.8. The van der Waals surface area contributed by atoms with E-state index in [-0.39, 0.29) is 18.0 Å². The Morgan fingerprint density at radius 2 is 2.00 bits per heavy atom. The number of anilines is 3. The zero-order valence-corrected chi connectivity index (χ0v) is 17.7. The number of H-pyrrole nitrogens is 1. The number of aromatic amines is 1. The second-order valence-electron chi connectivity index (χ2n) is 7.93. The maximum atomic E-state index is 13.2. The van der Waals surface area contributed by atoms with Gasteiger partial charge in [-0.25, -0.2) is 4.79 Å². The first-order chi connectivity index (χ1) is 15.6. The number of aromatic nitrogens is 4. The Morgan fingerprint density at radius 1 is 1.19 bits per heavy atom. The first-order valence-electron chi connectivity index (χ1n) is 10.5. The van der Waals surface area contributed by atoms with Crippen LogP contribution in [-0.2, 0) is 13.0 Å². The molecule has 0 radical (unpaired) electrons. The molecule has 0 aliphatic carbocycles. The van der Waals surface area contributed by atoms with Gasteiger partial charge in [0.05, 0.1) is 11.6 Å². The zero-order chi connectivity index (χ0) is 22.1. The molecule has 162 valence electrons. The van der Waals surface area contributed by atoms with Crippen molar-refractivity contribution < 1.29 is 4.79 Å². The van der Waals surface area contributed by atoms with E-state index in [4.69, 9.17) is 5.73 Å². The van der Waals surface area contributed by atoms with Crippen LogP contribution in [0.4, 0.5) is 22.2 Å². The third kappa shape index (κ3) is 3.80. The first-order valence-corrected chi connectivity index (χ1v) is 10.5. The van der Waals surface area contributed by atoms with Crippen molar-refractivity contribution in [2.45, 2.75) is 25.9 Å². The fraction of sp³-hybridized carbons (Fsp3) is 0.217. The number of nitrogens with zero attached hydrogens (tertiary/aromatic N) is 4. The molecule has 9 heteroatoms. The monoisotopic (exact) mass is 428 g/mol. The summed E-state index contributed by atoms with van der Waals surface area (Å²) in [7, 11) is 0. The number of urea groups is 1. The molecule has 0 spiro atoms. The first kappa shape index (κ1) is 19.8. The van der Waals surface area contributed by atoms with E-state index < -0.39 is 0 Å². The van der Waals surface area contributed by atoms with E-state index in [1.807, 2.05) is 55.5 Å². The minimum Gasteiger partial charge on any atom is -0.368 e. The maximum Gasteiger partial charge on any atom is 0.322 e. The van der Waals surface area contributed by atoms with Crippen LogP contribution in [0.2, 0.25) is 0 Å². The van der Waals surface area contributed by atoms with Gasteiger partial charge in [-0.2, -0.15) is 15.1 Å². The molecule has 1 aliphatic rings. The van der Waals surface area contributed by atoms with Crippen LogP contribution in [0.15, 0.2) is 54.7 Å². The average molecular weight is 429 g/mol. The number of rotatable bonds is 4. The van der Waals surface area contributed by atoms with Gasteiger partial charge >= 0.3 is 6.03 Å². The van der Waals surface area contributed by atoms with Crippen LogP contribution < -0.4 is 21.3 Å². The second kappa shape index (κ2) is 8.18. The van der Waals surface area contributed by atoms with Crippen LogP contribution in [0.25, 0.3) is 11.0 Å². The SMILES string of the molecule is Cc1ccccc1CNC(=O)N1CC(Nc2nc(N)nc3[nH]ncc23)Cc2ccccc21. The van der Waals surface area contributed by atoms with E-state index in [0.29, 0.717) is 24.6 Å². The van der Waals surface area contributed by atoms with E-state index in [1.54, 1.807) is 11.1 Å². The van der Waals surface area contributed by atoms with Crippen molar-refractivity contribution >= 4 is 34.5 Å². The molecule has 0 fully saturated rings. The summed E-state index contributed by atoms with van der Waals surface area (Å²) in [5, 5.41) is 14.1. The summed E-state index contributed by atoms with van der Waals surface area (Å²) in [6.45, 7) is 3.00. The Morgan fingerprint density at radius 3 is 2.88 bits per heavy atom. The molecule has 2 aromatic carbocycles. The van der Waals surface area contributed by atoms with Gasteiger partial charge in [-0.3, -0.25) is 10.00 Å². The minimum absolute atomic E-state index is 0.0542. The molecule has 2 aromatic heterocycles. The molecule has 32 heavy (non-hydrogen) atoms. The van der Waals surface area contributed by atoms with E-state index in [9.17, 15) is 4.79 Å². The van der Waals surface area contributed by atoms with Crippen LogP contribution in [-0.4, -0.2) is 38.8 Å². The Labute approximate surface area is 185 Å². The second-order valence-corrected chi connectivity index (χ2v) is 7.93. The highest BCUT2D eigenvalue weighted by atomic mass is 16.2. The molecule has 4 aromatic rings. The third-order valence-corrected chi connectivity index (χ3v) is 5.76. The lowest BCUT2D eigenvalue weighted by Gasteiger charge is -2.35. The molecule has 0 bridgehead atoms. The van der Waals surface area contributed by atoms with Crippen molar-refractivity contribution in [1.29, 1.82) is 0 Å². The summed E-state index contributed by atoms with van der Waals surface area (Å²) < 4.78 is 0. The van der Waals surface area contributed by atoms with Crippen LogP contribution >= 0.6 is 0 Å². The van der Waals surface area contributed by atoms with Gasteiger partial charge in [0, 0.05) is 24.8 Å². The summed E-state index contributed by atoms with van der Waals surface area (Å²) in [5.41, 5.74) is 10.7. The van der Waals surface area contributed by atoms with Gasteiger partial charge in [0.2, 0.25) is 5.95 Å². The lowest BCUT2D eigenvalue weighted by molar-refractivity contribution is 0.245. The van der Waals surface area contributed by atoms with Crippen LogP contribution in [0.3, 0.4) is 0 Å². The van der Waals surface area contributed by atoms with Crippen molar-refractivity contribution in [1.82, 2.24) is 25.5 Å². The normalized spacial score (nSPS) is 15.4. The molecule has 0 saturated heterocycles. The smallest absolute Gasteiger partial charge is 0.322 e. The lowest BCUT2D eigenvalue weighted by atomic mass is 9.98. The van der Waals surface area contributed by atoms with Crippen molar-refractivity contribution in [3.8, 4) is 0 Å². The zero-order valence-electron chi connectivity index (χ0n) is 17.7. The van der Waals surface area contributed by atoms with Crippen molar-refractivity contribution in [2.24, 2.45) is 0 Å². The number of nitrogen functional groups attached to an aromatic ring is 1. The summed E-state index contributed by atoms with van der Waals surface area (Å²) in [5.74, 6) is 0.763. The highest BCUT2D eigenvalue weighted by Crippen LogP contribution is 2.29. The highest BCUT2D eigenvalue weighted by Gasteiger charge is 2.29. The Balaban J connectivity index is 1.38. The largest absolute Gasteiger partial charge is 0.368 e. The number of hydrogen-bond acceptors (Lipinski definition) is 6. The molecular weight excluding hydrogens is 404 g/mol. The molecule has 1 atom stereocenters. The lowest BCUT2D eigenvalue weighted by Crippen LogP contribution is -2.49. The standard InChI is InChI=1S/C23H24N8O/c1-14-6-2-3-8-16(14)11-25-23(32)31-13-17(10-15-7-4-5-9-19(15)31)27-20-18-12-26-30-21(18)29-22(24)28-20/h2-9,12,17H,10-11,13H2,1H3,(H,25,32)(H4,24,26,27,28,29,30). The molecule has 3 heterocycles. The summed E-state index contributed by atoms with van der Waals surface area (Å²) >= 11 is 0. The number of amides is 2. The van der Waals surface area contributed by atoms with Crippen LogP contribution in [0.1, 0.15) is 16.7 Å². The van der Waals surface area contributed by atoms with Crippen LogP contribution in [0, 0.1) is 6.92 Å². The van der Waals surface area contributed by atoms with Crippen molar-refractivity contribution in [3.63, 3.8) is 0 Å². The quantitative estimate of drug-likeness (QED) is 0.396. The number of aryl methyl sites for hydroxylation is 1. The average Bonchev–Trinajstić information content (AvgIpc) is 3.26. The molecular formula is C23H24N8O. The molecule has 5 N–H and O–H groups in total. The van der Waals surface area contributed by atoms with Crippen molar-refractivity contribution in [3.05, 3.63) is 71.4 Å². The van der Waals surface area contributed by atoms with Crippen LogP contribution in [0.5, 0.6) is 0 Å². The number of benzene rings is 2. The molecule has 1 unspecified atom stereocenters. The van der Waals surface area contributed by atoms with Gasteiger partial charge in [-0.1, -0.05) is 42.5 Å². The number of hydrogen-bond donors (Lipinski definition) is 4. The van der Waals surface area contributed by atoms with Gasteiger partial charge < -0.3 is 16.4 Å².